The molecule has 0 aliphatic heterocycles. The average molecular weight is 549 g/mol. The Hall–Kier alpha value is -5.90. The Bertz CT molecular complexity index is 1660. The Morgan fingerprint density at radius 3 is 2.39 bits per heavy atom. The van der Waals surface area contributed by atoms with E-state index in [0.717, 1.165) is 11.6 Å². The van der Waals surface area contributed by atoms with Crippen LogP contribution in [0.25, 0.3) is 6.08 Å². The zero-order valence-corrected chi connectivity index (χ0v) is 21.8. The highest BCUT2D eigenvalue weighted by Gasteiger charge is 2.10. The molecule has 0 aliphatic carbocycles. The lowest BCUT2D eigenvalue weighted by Crippen LogP contribution is -2.18. The largest absolute Gasteiger partial charge is 0.423 e. The number of benzene rings is 4. The summed E-state index contributed by atoms with van der Waals surface area (Å²) in [6.45, 7) is 1.93. The summed E-state index contributed by atoms with van der Waals surface area (Å²) >= 11 is 0. The van der Waals surface area contributed by atoms with Crippen molar-refractivity contribution in [1.82, 2.24) is 5.43 Å². The van der Waals surface area contributed by atoms with Gasteiger partial charge in [-0.1, -0.05) is 48.0 Å². The minimum absolute atomic E-state index is 0.0946. The molecule has 0 aromatic heterocycles. The van der Waals surface area contributed by atoms with Gasteiger partial charge in [0.05, 0.1) is 11.1 Å². The molecule has 2 N–H and O–H groups in total. The average Bonchev–Trinajstić information content (AvgIpc) is 2.97. The lowest BCUT2D eigenvalue weighted by atomic mass is 10.1. The molecule has 4 rings (SSSR count). The molecule has 0 saturated heterocycles. The first-order valence-electron chi connectivity index (χ1n) is 12.3. The molecular weight excluding hydrogens is 524 g/mol. The van der Waals surface area contributed by atoms with Crippen molar-refractivity contribution in [2.24, 2.45) is 5.10 Å². The SMILES string of the molecule is Cc1ccc(C(=O)Nc2cccc(C(=O)NN=Cc3ccccc3OC(=O)/C=C/c3cccc([N+](=O)[O-])c3)c2)cc1. The van der Waals surface area contributed by atoms with E-state index in [1.807, 2.05) is 19.1 Å². The predicted octanol–water partition coefficient (Wildman–Crippen LogP) is 5.54. The number of nitrogens with zero attached hydrogens (tertiary/aromatic N) is 2. The fourth-order valence-electron chi connectivity index (χ4n) is 3.60. The zero-order valence-electron chi connectivity index (χ0n) is 21.8. The van der Waals surface area contributed by atoms with Crippen LogP contribution in [0.3, 0.4) is 0 Å². The summed E-state index contributed by atoms with van der Waals surface area (Å²) in [4.78, 5) is 47.9. The van der Waals surface area contributed by atoms with Crippen molar-refractivity contribution < 1.29 is 24.0 Å². The Morgan fingerprint density at radius 2 is 1.61 bits per heavy atom. The van der Waals surface area contributed by atoms with E-state index in [4.69, 9.17) is 4.74 Å². The quantitative estimate of drug-likeness (QED) is 0.0703. The van der Waals surface area contributed by atoms with Crippen molar-refractivity contribution in [2.45, 2.75) is 6.92 Å². The van der Waals surface area contributed by atoms with Crippen molar-refractivity contribution in [3.63, 3.8) is 0 Å². The number of carbonyl (C=O) groups excluding carboxylic acids is 3. The monoisotopic (exact) mass is 548 g/mol. The van der Waals surface area contributed by atoms with Gasteiger partial charge in [-0.05, 0) is 61.0 Å². The van der Waals surface area contributed by atoms with E-state index < -0.39 is 16.8 Å². The number of nitro benzene ring substituents is 1. The lowest BCUT2D eigenvalue weighted by molar-refractivity contribution is -0.384. The van der Waals surface area contributed by atoms with Gasteiger partial charge < -0.3 is 10.1 Å². The summed E-state index contributed by atoms with van der Waals surface area (Å²) < 4.78 is 5.38. The molecule has 0 bridgehead atoms. The van der Waals surface area contributed by atoms with E-state index in [2.05, 4.69) is 15.8 Å². The van der Waals surface area contributed by atoms with E-state index >= 15 is 0 Å². The van der Waals surface area contributed by atoms with Crippen LogP contribution in [-0.4, -0.2) is 28.9 Å². The number of nitro groups is 1. The van der Waals surface area contributed by atoms with Gasteiger partial charge in [0.1, 0.15) is 5.75 Å². The van der Waals surface area contributed by atoms with Gasteiger partial charge in [-0.15, -0.1) is 0 Å². The summed E-state index contributed by atoms with van der Waals surface area (Å²) in [7, 11) is 0. The first-order valence-corrected chi connectivity index (χ1v) is 12.3. The molecule has 0 saturated carbocycles. The number of carbonyl (C=O) groups is 3. The number of nitrogens with one attached hydrogen (secondary N) is 2. The Balaban J connectivity index is 1.36. The molecule has 4 aromatic rings. The number of non-ortho nitro benzene ring substituents is 1. The highest BCUT2D eigenvalue weighted by Crippen LogP contribution is 2.18. The number of anilines is 1. The molecule has 0 heterocycles. The van der Waals surface area contributed by atoms with Crippen LogP contribution >= 0.6 is 0 Å². The van der Waals surface area contributed by atoms with Gasteiger partial charge in [0, 0.05) is 40.6 Å². The Kier molecular flexibility index (Phi) is 9.09. The Morgan fingerprint density at radius 1 is 0.854 bits per heavy atom. The normalized spacial score (nSPS) is 10.9. The van der Waals surface area contributed by atoms with Crippen LogP contribution in [0.4, 0.5) is 11.4 Å². The van der Waals surface area contributed by atoms with Gasteiger partial charge in [0.2, 0.25) is 0 Å². The number of esters is 1. The number of hydrazone groups is 1. The van der Waals surface area contributed by atoms with Crippen molar-refractivity contribution in [3.05, 3.63) is 141 Å². The van der Waals surface area contributed by atoms with Gasteiger partial charge in [-0.3, -0.25) is 19.7 Å². The molecule has 204 valence electrons. The van der Waals surface area contributed by atoms with Crippen molar-refractivity contribution in [3.8, 4) is 5.75 Å². The second kappa shape index (κ2) is 13.3. The molecule has 4 aromatic carbocycles. The topological polar surface area (TPSA) is 140 Å². The van der Waals surface area contributed by atoms with E-state index in [-0.39, 0.29) is 22.9 Å². The van der Waals surface area contributed by atoms with Crippen LogP contribution in [0, 0.1) is 17.0 Å². The second-order valence-corrected chi connectivity index (χ2v) is 8.74. The first-order chi connectivity index (χ1) is 19.8. The molecule has 41 heavy (non-hydrogen) atoms. The van der Waals surface area contributed by atoms with E-state index in [9.17, 15) is 24.5 Å². The van der Waals surface area contributed by atoms with Gasteiger partial charge >= 0.3 is 5.97 Å². The number of para-hydroxylation sites is 1. The third-order valence-electron chi connectivity index (χ3n) is 5.69. The molecule has 0 fully saturated rings. The molecule has 2 amide bonds. The number of amides is 2. The smallest absolute Gasteiger partial charge is 0.336 e. The number of hydrogen-bond acceptors (Lipinski definition) is 7. The van der Waals surface area contributed by atoms with Gasteiger partial charge in [0.25, 0.3) is 17.5 Å². The van der Waals surface area contributed by atoms with Crippen LogP contribution < -0.4 is 15.5 Å². The van der Waals surface area contributed by atoms with Gasteiger partial charge in [0.15, 0.2) is 0 Å². The number of rotatable bonds is 9. The van der Waals surface area contributed by atoms with Crippen LogP contribution in [0.15, 0.2) is 108 Å². The standard InChI is InChI=1S/C31H24N4O6/c1-21-12-15-23(16-13-21)30(37)33-26-9-5-8-24(19-26)31(38)34-32-20-25-7-2-3-11-28(25)41-29(36)17-14-22-6-4-10-27(18-22)35(39)40/h2-20H,1H3,(H,33,37)(H,34,38)/b17-14+,32-20?. The third kappa shape index (κ3) is 8.04. The molecule has 10 heteroatoms. The molecule has 0 spiro atoms. The fourth-order valence-corrected chi connectivity index (χ4v) is 3.60. The van der Waals surface area contributed by atoms with Crippen molar-refractivity contribution in [2.75, 3.05) is 5.32 Å². The second-order valence-electron chi connectivity index (χ2n) is 8.74. The van der Waals surface area contributed by atoms with Gasteiger partial charge in [-0.25, -0.2) is 10.2 Å². The first kappa shape index (κ1) is 28.1. The maximum atomic E-state index is 12.7. The summed E-state index contributed by atoms with van der Waals surface area (Å²) in [5.41, 5.74) is 5.46. The minimum Gasteiger partial charge on any atom is -0.423 e. The van der Waals surface area contributed by atoms with E-state index in [1.54, 1.807) is 60.7 Å². The number of ether oxygens (including phenoxy) is 1. The molecular formula is C31H24N4O6. The molecule has 0 radical (unpaired) electrons. The fraction of sp³-hybridized carbons (Fsp3) is 0.0323. The maximum Gasteiger partial charge on any atom is 0.336 e. The summed E-state index contributed by atoms with van der Waals surface area (Å²) in [5, 5.41) is 17.7. The third-order valence-corrected chi connectivity index (χ3v) is 5.69. The summed E-state index contributed by atoms with van der Waals surface area (Å²) in [5.74, 6) is -1.32. The Labute approximate surface area is 235 Å². The molecule has 0 atom stereocenters. The minimum atomic E-state index is -0.703. The number of hydrogen-bond donors (Lipinski definition) is 2. The zero-order chi connectivity index (χ0) is 29.2. The van der Waals surface area contributed by atoms with Crippen LogP contribution in [-0.2, 0) is 4.79 Å². The van der Waals surface area contributed by atoms with Crippen LogP contribution in [0.5, 0.6) is 5.75 Å². The molecule has 0 unspecified atom stereocenters. The van der Waals surface area contributed by atoms with Gasteiger partial charge in [-0.2, -0.15) is 5.10 Å². The maximum absolute atomic E-state index is 12.7. The van der Waals surface area contributed by atoms with Crippen molar-refractivity contribution >= 4 is 41.4 Å². The molecule has 10 nitrogen and oxygen atoms in total. The van der Waals surface area contributed by atoms with Crippen LogP contribution in [0.1, 0.15) is 37.4 Å². The number of aryl methyl sites for hydroxylation is 1. The summed E-state index contributed by atoms with van der Waals surface area (Å²) in [6, 6.07) is 25.9. The van der Waals surface area contributed by atoms with E-state index in [0.29, 0.717) is 22.4 Å². The van der Waals surface area contributed by atoms with Crippen LogP contribution in [0.2, 0.25) is 0 Å². The molecule has 0 aliphatic rings. The van der Waals surface area contributed by atoms with E-state index in [1.165, 1.54) is 36.6 Å². The summed E-state index contributed by atoms with van der Waals surface area (Å²) in [6.07, 6.45) is 3.89. The highest BCUT2D eigenvalue weighted by molar-refractivity contribution is 6.05. The lowest BCUT2D eigenvalue weighted by Gasteiger charge is -2.08. The highest BCUT2D eigenvalue weighted by atomic mass is 16.6. The predicted molar refractivity (Wildman–Crippen MR) is 155 cm³/mol. The van der Waals surface area contributed by atoms with Crippen molar-refractivity contribution in [1.29, 1.82) is 0 Å².